The van der Waals surface area contributed by atoms with Gasteiger partial charge in [0.15, 0.2) is 0 Å². The molecular weight excluding hydrogens is 360 g/mol. The molecule has 0 bridgehead atoms. The van der Waals surface area contributed by atoms with Gasteiger partial charge >= 0.3 is 0 Å². The monoisotopic (exact) mass is 382 g/mol. The molecule has 3 aliphatic rings. The van der Waals surface area contributed by atoms with Crippen molar-refractivity contribution < 1.29 is 14.4 Å². The van der Waals surface area contributed by atoms with E-state index in [0.717, 1.165) is 5.56 Å². The van der Waals surface area contributed by atoms with Crippen molar-refractivity contribution in [3.63, 3.8) is 0 Å². The molecule has 1 saturated heterocycles. The second-order valence-electron chi connectivity index (χ2n) is 7.87. The molecule has 1 fully saturated rings. The molecule has 1 aromatic rings. The van der Waals surface area contributed by atoms with Crippen molar-refractivity contribution in [1.29, 1.82) is 0 Å². The summed E-state index contributed by atoms with van der Waals surface area (Å²) in [4.78, 5) is 41.7. The average Bonchev–Trinajstić information content (AvgIpc) is 2.88. The van der Waals surface area contributed by atoms with Crippen LogP contribution in [0.2, 0.25) is 0 Å². The lowest BCUT2D eigenvalue weighted by Gasteiger charge is -2.54. The Morgan fingerprint density at radius 1 is 1.15 bits per heavy atom. The third-order valence-corrected chi connectivity index (χ3v) is 6.95. The van der Waals surface area contributed by atoms with Crippen LogP contribution >= 0.6 is 11.8 Å². The quantitative estimate of drug-likeness (QED) is 0.748. The number of carbonyl (C=O) groups is 3. The van der Waals surface area contributed by atoms with Crippen LogP contribution in [0.5, 0.6) is 0 Å². The van der Waals surface area contributed by atoms with Crippen molar-refractivity contribution in [3.8, 4) is 0 Å². The van der Waals surface area contributed by atoms with E-state index in [0.29, 0.717) is 5.56 Å². The van der Waals surface area contributed by atoms with E-state index in [2.05, 4.69) is 0 Å². The molecule has 0 aromatic heterocycles. The summed E-state index contributed by atoms with van der Waals surface area (Å²) >= 11 is 1.40. The predicted octanol–water partition coefficient (Wildman–Crippen LogP) is 3.28. The molecule has 2 atom stereocenters. The first-order valence-corrected chi connectivity index (χ1v) is 9.89. The van der Waals surface area contributed by atoms with Gasteiger partial charge in [-0.25, -0.2) is 0 Å². The van der Waals surface area contributed by atoms with Crippen LogP contribution in [0.15, 0.2) is 48.7 Å². The van der Waals surface area contributed by atoms with Crippen LogP contribution < -0.4 is 0 Å². The fraction of sp³-hybridized carbons (Fsp3) is 0.381. The third-order valence-electron chi connectivity index (χ3n) is 5.31. The van der Waals surface area contributed by atoms with Crippen LogP contribution in [0.4, 0.5) is 0 Å². The standard InChI is InChI=1S/C21H22N2O3S/c1-13(2)17(24)23-18(25)14-9-5-6-10-15(14)21(23)16-11-7-8-12-22(16)19(26)20(3,4)27-21/h5-13,16H,1-4H3. The lowest BCUT2D eigenvalue weighted by Crippen LogP contribution is -2.66. The topological polar surface area (TPSA) is 57.7 Å². The third kappa shape index (κ3) is 2.29. The zero-order valence-electron chi connectivity index (χ0n) is 15.8. The zero-order valence-corrected chi connectivity index (χ0v) is 16.6. The lowest BCUT2D eigenvalue weighted by atomic mass is 9.92. The van der Waals surface area contributed by atoms with Gasteiger partial charge in [-0.05, 0) is 26.0 Å². The summed E-state index contributed by atoms with van der Waals surface area (Å²) in [5.74, 6) is -0.878. The van der Waals surface area contributed by atoms with Crippen molar-refractivity contribution in [2.45, 2.75) is 43.4 Å². The van der Waals surface area contributed by atoms with Gasteiger partial charge < -0.3 is 4.90 Å². The first kappa shape index (κ1) is 18.0. The van der Waals surface area contributed by atoms with Gasteiger partial charge in [-0.3, -0.25) is 19.3 Å². The number of hydrogen-bond acceptors (Lipinski definition) is 4. The van der Waals surface area contributed by atoms with E-state index in [4.69, 9.17) is 0 Å². The Labute approximate surface area is 163 Å². The van der Waals surface area contributed by atoms with Gasteiger partial charge in [0, 0.05) is 23.2 Å². The number of fused-ring (bicyclic) bond motifs is 4. The maximum atomic E-state index is 13.3. The molecular formula is C21H22N2O3S. The Morgan fingerprint density at radius 3 is 2.56 bits per heavy atom. The molecule has 1 spiro atoms. The van der Waals surface area contributed by atoms with E-state index < -0.39 is 15.7 Å². The van der Waals surface area contributed by atoms with Crippen LogP contribution in [0, 0.1) is 5.92 Å². The van der Waals surface area contributed by atoms with E-state index in [-0.39, 0.29) is 23.6 Å². The molecule has 27 heavy (non-hydrogen) atoms. The number of hydrogen-bond donors (Lipinski definition) is 0. The second kappa shape index (κ2) is 5.83. The number of carbonyl (C=O) groups excluding carboxylic acids is 3. The summed E-state index contributed by atoms with van der Waals surface area (Å²) in [5, 5.41) is 0. The molecule has 0 N–H and O–H groups in total. The highest BCUT2D eigenvalue weighted by Gasteiger charge is 2.65. The van der Waals surface area contributed by atoms with Crippen molar-refractivity contribution in [2.24, 2.45) is 5.92 Å². The summed E-state index contributed by atoms with van der Waals surface area (Å²) in [7, 11) is 0. The molecule has 0 radical (unpaired) electrons. The van der Waals surface area contributed by atoms with Gasteiger partial charge in [0.25, 0.3) is 5.91 Å². The molecule has 2 unspecified atom stereocenters. The van der Waals surface area contributed by atoms with Crippen molar-refractivity contribution in [1.82, 2.24) is 9.80 Å². The fourth-order valence-corrected chi connectivity index (χ4v) is 5.94. The highest BCUT2D eigenvalue weighted by molar-refractivity contribution is 8.02. The van der Waals surface area contributed by atoms with Gasteiger partial charge in [0.2, 0.25) is 11.8 Å². The first-order chi connectivity index (χ1) is 12.7. The number of imide groups is 1. The Kier molecular flexibility index (Phi) is 3.89. The van der Waals surface area contributed by atoms with Crippen LogP contribution in [0.3, 0.4) is 0 Å². The van der Waals surface area contributed by atoms with Crippen molar-refractivity contribution in [3.05, 3.63) is 59.8 Å². The number of nitrogens with zero attached hydrogens (tertiary/aromatic N) is 2. The van der Waals surface area contributed by atoms with E-state index in [1.54, 1.807) is 31.0 Å². The molecule has 140 valence electrons. The predicted molar refractivity (Wildman–Crippen MR) is 105 cm³/mol. The number of allylic oxidation sites excluding steroid dienone is 2. The minimum absolute atomic E-state index is 0.0301. The maximum Gasteiger partial charge on any atom is 0.262 e. The van der Waals surface area contributed by atoms with Gasteiger partial charge in [-0.2, -0.15) is 0 Å². The largest absolute Gasteiger partial charge is 0.307 e. The van der Waals surface area contributed by atoms with Crippen LogP contribution in [-0.4, -0.2) is 38.3 Å². The molecule has 1 aromatic carbocycles. The molecule has 3 amide bonds. The Balaban J connectivity index is 2.02. The van der Waals surface area contributed by atoms with Gasteiger partial charge in [0.05, 0.1) is 10.8 Å². The Bertz CT molecular complexity index is 918. The van der Waals surface area contributed by atoms with E-state index in [1.807, 2.05) is 50.3 Å². The van der Waals surface area contributed by atoms with Crippen molar-refractivity contribution >= 4 is 29.5 Å². The summed E-state index contributed by atoms with van der Waals surface area (Å²) < 4.78 is -0.792. The van der Waals surface area contributed by atoms with Gasteiger partial charge in [-0.1, -0.05) is 44.2 Å². The Hall–Kier alpha value is -2.34. The van der Waals surface area contributed by atoms with E-state index in [1.165, 1.54) is 16.7 Å². The summed E-state index contributed by atoms with van der Waals surface area (Å²) in [6, 6.07) is 6.93. The highest BCUT2D eigenvalue weighted by atomic mass is 32.2. The average molecular weight is 382 g/mol. The van der Waals surface area contributed by atoms with E-state index >= 15 is 0 Å². The van der Waals surface area contributed by atoms with Crippen molar-refractivity contribution in [2.75, 3.05) is 0 Å². The first-order valence-electron chi connectivity index (χ1n) is 9.07. The lowest BCUT2D eigenvalue weighted by molar-refractivity contribution is -0.140. The van der Waals surface area contributed by atoms with Crippen LogP contribution in [0.25, 0.3) is 0 Å². The maximum absolute atomic E-state index is 13.3. The summed E-state index contributed by atoms with van der Waals surface area (Å²) in [5.41, 5.74) is 1.33. The summed E-state index contributed by atoms with van der Waals surface area (Å²) in [6.07, 6.45) is 7.35. The molecule has 6 heteroatoms. The Morgan fingerprint density at radius 2 is 1.85 bits per heavy atom. The molecule has 0 saturated carbocycles. The van der Waals surface area contributed by atoms with Crippen LogP contribution in [-0.2, 0) is 14.5 Å². The minimum Gasteiger partial charge on any atom is -0.307 e. The minimum atomic E-state index is -0.978. The molecule has 3 aliphatic heterocycles. The summed E-state index contributed by atoms with van der Waals surface area (Å²) in [6.45, 7) is 7.30. The number of benzene rings is 1. The smallest absolute Gasteiger partial charge is 0.262 e. The number of amides is 3. The number of rotatable bonds is 1. The van der Waals surface area contributed by atoms with Gasteiger partial charge in [0.1, 0.15) is 4.87 Å². The SMILES string of the molecule is CC(C)C(=O)N1C(=O)c2ccccc2C12SC(C)(C)C(=O)N1C=CC=CC12. The molecule has 0 aliphatic carbocycles. The second-order valence-corrected chi connectivity index (χ2v) is 9.72. The molecule has 5 nitrogen and oxygen atoms in total. The highest BCUT2D eigenvalue weighted by Crippen LogP contribution is 2.59. The normalized spacial score (nSPS) is 28.1. The van der Waals surface area contributed by atoms with E-state index in [9.17, 15) is 14.4 Å². The fourth-order valence-electron chi connectivity index (χ4n) is 4.10. The van der Waals surface area contributed by atoms with Gasteiger partial charge in [-0.15, -0.1) is 11.8 Å². The molecule has 4 rings (SSSR count). The molecule has 3 heterocycles. The number of thioether (sulfide) groups is 1. The zero-order chi connectivity index (χ0) is 19.6. The van der Waals surface area contributed by atoms with Crippen LogP contribution in [0.1, 0.15) is 43.6 Å².